The number of guanidine groups is 1. The number of aromatic nitrogens is 1. The van der Waals surface area contributed by atoms with Crippen LogP contribution in [0.5, 0.6) is 0 Å². The monoisotopic (exact) mass is 308 g/mol. The van der Waals surface area contributed by atoms with Crippen molar-refractivity contribution in [3.8, 4) is 0 Å². The Morgan fingerprint density at radius 3 is 2.57 bits per heavy atom. The minimum atomic E-state index is 0.605. The maximum atomic E-state index is 4.82. The average molecular weight is 308 g/mol. The lowest BCUT2D eigenvalue weighted by Crippen LogP contribution is -2.40. The molecule has 1 aliphatic rings. The third kappa shape index (κ3) is 4.55. The Morgan fingerprint density at radius 2 is 1.83 bits per heavy atom. The van der Waals surface area contributed by atoms with Gasteiger partial charge in [0, 0.05) is 24.5 Å². The van der Waals surface area contributed by atoms with Crippen LogP contribution in [0.2, 0.25) is 0 Å². The van der Waals surface area contributed by atoms with Gasteiger partial charge in [0.05, 0.1) is 12.2 Å². The second kappa shape index (κ2) is 7.77. The Morgan fingerprint density at radius 1 is 1.04 bits per heavy atom. The van der Waals surface area contributed by atoms with E-state index >= 15 is 0 Å². The van der Waals surface area contributed by atoms with Crippen LogP contribution in [0, 0.1) is 6.92 Å². The first-order valence-electron chi connectivity index (χ1n) is 8.35. The number of hydrogen-bond donors (Lipinski definition) is 1. The quantitative estimate of drug-likeness (QED) is 0.692. The SMILES string of the molecule is Cc1cccc(CN=C(Nc2ccccc2)N2CCCCC2)n1. The first-order valence-corrected chi connectivity index (χ1v) is 8.35. The Kier molecular flexibility index (Phi) is 5.25. The zero-order chi connectivity index (χ0) is 15.9. The number of anilines is 1. The van der Waals surface area contributed by atoms with Crippen LogP contribution in [0.4, 0.5) is 5.69 Å². The molecule has 4 nitrogen and oxygen atoms in total. The molecule has 1 fully saturated rings. The predicted molar refractivity (Wildman–Crippen MR) is 95.6 cm³/mol. The average Bonchev–Trinajstić information content (AvgIpc) is 2.60. The van der Waals surface area contributed by atoms with Crippen LogP contribution in [-0.2, 0) is 6.54 Å². The van der Waals surface area contributed by atoms with E-state index in [1.54, 1.807) is 0 Å². The number of nitrogens with one attached hydrogen (secondary N) is 1. The number of hydrogen-bond acceptors (Lipinski definition) is 2. The third-order valence-corrected chi connectivity index (χ3v) is 4.02. The van der Waals surface area contributed by atoms with Crippen molar-refractivity contribution < 1.29 is 0 Å². The number of aryl methyl sites for hydroxylation is 1. The molecule has 0 atom stereocenters. The number of pyridine rings is 1. The maximum Gasteiger partial charge on any atom is 0.198 e. The molecule has 1 aliphatic heterocycles. The molecule has 1 aromatic carbocycles. The fourth-order valence-corrected chi connectivity index (χ4v) is 2.82. The highest BCUT2D eigenvalue weighted by Gasteiger charge is 2.15. The van der Waals surface area contributed by atoms with Crippen LogP contribution in [0.1, 0.15) is 30.7 Å². The summed E-state index contributed by atoms with van der Waals surface area (Å²) in [6.07, 6.45) is 3.78. The van der Waals surface area contributed by atoms with Crippen LogP contribution < -0.4 is 5.32 Å². The van der Waals surface area contributed by atoms with Gasteiger partial charge in [-0.2, -0.15) is 0 Å². The van der Waals surface area contributed by atoms with Crippen molar-refractivity contribution in [3.63, 3.8) is 0 Å². The van der Waals surface area contributed by atoms with Gasteiger partial charge in [-0.15, -0.1) is 0 Å². The summed E-state index contributed by atoms with van der Waals surface area (Å²) in [5.41, 5.74) is 3.12. The number of nitrogens with zero attached hydrogens (tertiary/aromatic N) is 3. The fourth-order valence-electron chi connectivity index (χ4n) is 2.82. The molecule has 3 rings (SSSR count). The molecule has 120 valence electrons. The third-order valence-electron chi connectivity index (χ3n) is 4.02. The Hall–Kier alpha value is -2.36. The molecule has 2 heterocycles. The number of aliphatic imine (C=N–C) groups is 1. The fraction of sp³-hybridized carbons (Fsp3) is 0.368. The van der Waals surface area contributed by atoms with Crippen LogP contribution in [0.15, 0.2) is 53.5 Å². The van der Waals surface area contributed by atoms with Crippen molar-refractivity contribution >= 4 is 11.6 Å². The summed E-state index contributed by atoms with van der Waals surface area (Å²) in [6.45, 7) is 4.76. The van der Waals surface area contributed by atoms with Crippen molar-refractivity contribution in [2.45, 2.75) is 32.7 Å². The van der Waals surface area contributed by atoms with Gasteiger partial charge in [0.15, 0.2) is 5.96 Å². The molecule has 0 unspecified atom stereocenters. The number of rotatable bonds is 3. The van der Waals surface area contributed by atoms with Crippen molar-refractivity contribution in [2.75, 3.05) is 18.4 Å². The van der Waals surface area contributed by atoms with Gasteiger partial charge in [-0.1, -0.05) is 24.3 Å². The summed E-state index contributed by atoms with van der Waals surface area (Å²) < 4.78 is 0. The van der Waals surface area contributed by atoms with E-state index in [9.17, 15) is 0 Å². The Labute approximate surface area is 138 Å². The minimum Gasteiger partial charge on any atom is -0.343 e. The molecule has 1 aromatic heterocycles. The second-order valence-corrected chi connectivity index (χ2v) is 5.95. The summed E-state index contributed by atoms with van der Waals surface area (Å²) in [7, 11) is 0. The van der Waals surface area contributed by atoms with E-state index in [1.165, 1.54) is 19.3 Å². The molecule has 4 heteroatoms. The molecule has 0 aliphatic carbocycles. The number of likely N-dealkylation sites (tertiary alicyclic amines) is 1. The molecule has 0 radical (unpaired) electrons. The van der Waals surface area contributed by atoms with Crippen molar-refractivity contribution in [2.24, 2.45) is 4.99 Å². The van der Waals surface area contributed by atoms with Gasteiger partial charge in [0.1, 0.15) is 0 Å². The zero-order valence-corrected chi connectivity index (χ0v) is 13.7. The van der Waals surface area contributed by atoms with Gasteiger partial charge in [-0.05, 0) is 50.5 Å². The van der Waals surface area contributed by atoms with Gasteiger partial charge < -0.3 is 10.2 Å². The molecule has 1 saturated heterocycles. The molecule has 0 amide bonds. The summed E-state index contributed by atoms with van der Waals surface area (Å²) in [4.78, 5) is 11.7. The van der Waals surface area contributed by atoms with Crippen LogP contribution >= 0.6 is 0 Å². The van der Waals surface area contributed by atoms with Gasteiger partial charge in [0.2, 0.25) is 0 Å². The number of para-hydroxylation sites is 1. The van der Waals surface area contributed by atoms with Crippen molar-refractivity contribution in [1.82, 2.24) is 9.88 Å². The van der Waals surface area contributed by atoms with E-state index in [2.05, 4.69) is 27.3 Å². The van der Waals surface area contributed by atoms with Gasteiger partial charge >= 0.3 is 0 Å². The minimum absolute atomic E-state index is 0.605. The van der Waals surface area contributed by atoms with Gasteiger partial charge in [0.25, 0.3) is 0 Å². The molecular weight excluding hydrogens is 284 g/mol. The largest absolute Gasteiger partial charge is 0.343 e. The normalized spacial score (nSPS) is 15.5. The number of piperidine rings is 1. The lowest BCUT2D eigenvalue weighted by atomic mass is 10.1. The topological polar surface area (TPSA) is 40.5 Å². The first-order chi connectivity index (χ1) is 11.3. The van der Waals surface area contributed by atoms with Crippen LogP contribution in [-0.4, -0.2) is 28.9 Å². The molecule has 0 spiro atoms. The van der Waals surface area contributed by atoms with Crippen molar-refractivity contribution in [3.05, 3.63) is 59.9 Å². The zero-order valence-electron chi connectivity index (χ0n) is 13.7. The van der Waals surface area contributed by atoms with Crippen molar-refractivity contribution in [1.29, 1.82) is 0 Å². The smallest absolute Gasteiger partial charge is 0.198 e. The maximum absolute atomic E-state index is 4.82. The summed E-state index contributed by atoms with van der Waals surface area (Å²) in [5, 5.41) is 3.48. The molecule has 23 heavy (non-hydrogen) atoms. The lowest BCUT2D eigenvalue weighted by Gasteiger charge is -2.30. The predicted octanol–water partition coefficient (Wildman–Crippen LogP) is 3.84. The summed E-state index contributed by atoms with van der Waals surface area (Å²) in [6, 6.07) is 16.3. The molecular formula is C19H24N4. The standard InChI is InChI=1S/C19H24N4/c1-16-9-8-12-18(21-16)15-20-19(23-13-6-3-7-14-23)22-17-10-4-2-5-11-17/h2,4-5,8-12H,3,6-7,13-15H2,1H3,(H,20,22). The number of benzene rings is 1. The van der Waals surface area contributed by atoms with E-state index < -0.39 is 0 Å². The molecule has 0 saturated carbocycles. The van der Waals surface area contributed by atoms with E-state index in [0.29, 0.717) is 6.54 Å². The van der Waals surface area contributed by atoms with Crippen LogP contribution in [0.25, 0.3) is 0 Å². The van der Waals surface area contributed by atoms with E-state index in [4.69, 9.17) is 4.99 Å². The van der Waals surface area contributed by atoms with E-state index in [-0.39, 0.29) is 0 Å². The second-order valence-electron chi connectivity index (χ2n) is 5.95. The highest BCUT2D eigenvalue weighted by molar-refractivity contribution is 5.93. The van der Waals surface area contributed by atoms with Gasteiger partial charge in [-0.25, -0.2) is 4.99 Å². The van der Waals surface area contributed by atoms with E-state index in [0.717, 1.165) is 36.1 Å². The molecule has 0 bridgehead atoms. The highest BCUT2D eigenvalue weighted by atomic mass is 15.3. The van der Waals surface area contributed by atoms with E-state index in [1.807, 2.05) is 43.3 Å². The van der Waals surface area contributed by atoms with Crippen LogP contribution in [0.3, 0.4) is 0 Å². The summed E-state index contributed by atoms with van der Waals surface area (Å²) >= 11 is 0. The molecule has 1 N–H and O–H groups in total. The highest BCUT2D eigenvalue weighted by Crippen LogP contribution is 2.13. The summed E-state index contributed by atoms with van der Waals surface area (Å²) in [5.74, 6) is 0.958. The molecule has 2 aromatic rings. The van der Waals surface area contributed by atoms with Gasteiger partial charge in [-0.3, -0.25) is 4.98 Å². The first kappa shape index (κ1) is 15.5. The Balaban J connectivity index is 1.77. The Bertz CT molecular complexity index is 645. The lowest BCUT2D eigenvalue weighted by molar-refractivity contribution is 0.340.